The highest BCUT2D eigenvalue weighted by Gasteiger charge is 2.29. The number of carbonyl (C=O) groups is 1. The van der Waals surface area contributed by atoms with E-state index in [1.807, 2.05) is 44.6 Å². The predicted molar refractivity (Wildman–Crippen MR) is 120 cm³/mol. The van der Waals surface area contributed by atoms with Crippen LogP contribution in [-0.2, 0) is 11.8 Å². The summed E-state index contributed by atoms with van der Waals surface area (Å²) in [5.41, 5.74) is 0.753. The summed E-state index contributed by atoms with van der Waals surface area (Å²) in [5.74, 6) is -1.53. The molecule has 0 aromatic carbocycles. The molecule has 3 heterocycles. The molecule has 0 spiro atoms. The number of fused-ring (bicyclic) bond motifs is 2. The molecule has 3 unspecified atom stereocenters. The van der Waals surface area contributed by atoms with Crippen molar-refractivity contribution in [2.45, 2.75) is 46.3 Å². The molecule has 0 amide bonds. The summed E-state index contributed by atoms with van der Waals surface area (Å²) in [5, 5.41) is 14.1. The first-order valence-corrected chi connectivity index (χ1v) is 10.5. The summed E-state index contributed by atoms with van der Waals surface area (Å²) in [6, 6.07) is 1.45. The van der Waals surface area contributed by atoms with Gasteiger partial charge in [-0.25, -0.2) is 18.7 Å². The number of nitrogens with one attached hydrogen (secondary N) is 2. The number of rotatable bonds is 5. The standard InChI is InChI=1S/C23H27F2N5O2/c1-11-15(24)8-13-14(10-26-19(13)18(11)25)21-28-20(12-6-7-30(5)22(12)29-21)27-16(9-17(31)32)23(2,3)4/h6-8,10-11,15-16,26H,9H2,1-5H3,(H,31,32)(H,27,28,29). The van der Waals surface area contributed by atoms with E-state index in [0.29, 0.717) is 28.1 Å². The van der Waals surface area contributed by atoms with Crippen molar-refractivity contribution in [1.29, 1.82) is 0 Å². The second-order valence-corrected chi connectivity index (χ2v) is 9.46. The summed E-state index contributed by atoms with van der Waals surface area (Å²) in [4.78, 5) is 23.7. The number of alkyl halides is 1. The Morgan fingerprint density at radius 1 is 1.38 bits per heavy atom. The lowest BCUT2D eigenvalue weighted by molar-refractivity contribution is -0.137. The molecule has 4 rings (SSSR count). The molecular weight excluding hydrogens is 416 g/mol. The van der Waals surface area contributed by atoms with E-state index in [9.17, 15) is 18.7 Å². The molecule has 0 saturated heterocycles. The molecule has 3 N–H and O–H groups in total. The maximum atomic E-state index is 14.6. The summed E-state index contributed by atoms with van der Waals surface area (Å²) in [6.07, 6.45) is 3.27. The SMILES string of the molecule is CC1C(F)=c2[nH]cc(-c3nc(NC(CC(=O)O)C(C)(C)C)c4ccn(C)c4n3)c2=CC1F. The number of aryl methyl sites for hydroxylation is 1. The Morgan fingerprint density at radius 2 is 2.09 bits per heavy atom. The van der Waals surface area contributed by atoms with E-state index in [4.69, 9.17) is 0 Å². The van der Waals surface area contributed by atoms with Crippen molar-refractivity contribution in [1.82, 2.24) is 19.5 Å². The number of hydrogen-bond donors (Lipinski definition) is 3. The molecule has 0 fully saturated rings. The van der Waals surface area contributed by atoms with Crippen molar-refractivity contribution in [2.75, 3.05) is 5.32 Å². The molecule has 3 aromatic rings. The van der Waals surface area contributed by atoms with Crippen LogP contribution in [-0.4, -0.2) is 42.8 Å². The van der Waals surface area contributed by atoms with Gasteiger partial charge in [0.15, 0.2) is 5.82 Å². The van der Waals surface area contributed by atoms with Crippen molar-refractivity contribution in [3.63, 3.8) is 0 Å². The number of H-pyrrole nitrogens is 1. The Hall–Kier alpha value is -3.23. The number of anilines is 1. The van der Waals surface area contributed by atoms with Crippen molar-refractivity contribution < 1.29 is 18.7 Å². The molecule has 7 nitrogen and oxygen atoms in total. The van der Waals surface area contributed by atoms with Gasteiger partial charge in [-0.15, -0.1) is 0 Å². The summed E-state index contributed by atoms with van der Waals surface area (Å²) < 4.78 is 30.9. The smallest absolute Gasteiger partial charge is 0.305 e. The highest BCUT2D eigenvalue weighted by atomic mass is 19.1. The quantitative estimate of drug-likeness (QED) is 0.563. The third-order valence-electron chi connectivity index (χ3n) is 6.06. The first-order valence-electron chi connectivity index (χ1n) is 10.5. The summed E-state index contributed by atoms with van der Waals surface area (Å²) in [7, 11) is 1.84. The maximum absolute atomic E-state index is 14.6. The van der Waals surface area contributed by atoms with Crippen LogP contribution in [0.1, 0.15) is 34.1 Å². The van der Waals surface area contributed by atoms with Crippen LogP contribution < -0.4 is 15.9 Å². The van der Waals surface area contributed by atoms with Gasteiger partial charge in [-0.1, -0.05) is 27.7 Å². The summed E-state index contributed by atoms with van der Waals surface area (Å²) in [6.45, 7) is 7.37. The number of aromatic amines is 1. The van der Waals surface area contributed by atoms with Crippen molar-refractivity contribution >= 4 is 34.7 Å². The van der Waals surface area contributed by atoms with Gasteiger partial charge in [-0.05, 0) is 17.6 Å². The highest BCUT2D eigenvalue weighted by molar-refractivity contribution is 5.89. The van der Waals surface area contributed by atoms with Crippen LogP contribution in [0.2, 0.25) is 0 Å². The average molecular weight is 443 g/mol. The van der Waals surface area contributed by atoms with Crippen LogP contribution in [0.4, 0.5) is 14.6 Å². The average Bonchev–Trinajstić information content (AvgIpc) is 3.28. The topological polar surface area (TPSA) is 95.8 Å². The summed E-state index contributed by atoms with van der Waals surface area (Å²) >= 11 is 0. The van der Waals surface area contributed by atoms with Crippen LogP contribution in [0, 0.1) is 11.3 Å². The van der Waals surface area contributed by atoms with E-state index in [1.54, 1.807) is 6.20 Å². The molecule has 9 heteroatoms. The number of nitrogens with zero attached hydrogens (tertiary/aromatic N) is 3. The minimum absolute atomic E-state index is 0.0912. The van der Waals surface area contributed by atoms with Gasteiger partial charge in [-0.2, -0.15) is 0 Å². The second kappa shape index (κ2) is 7.72. The molecular formula is C23H27F2N5O2. The minimum atomic E-state index is -1.45. The number of aromatic nitrogens is 4. The van der Waals surface area contributed by atoms with Gasteiger partial charge in [0.1, 0.15) is 23.5 Å². The Kier molecular flexibility index (Phi) is 5.30. The highest BCUT2D eigenvalue weighted by Crippen LogP contribution is 2.30. The molecule has 1 aliphatic carbocycles. The van der Waals surface area contributed by atoms with Gasteiger partial charge < -0.3 is 20.0 Å². The maximum Gasteiger partial charge on any atom is 0.305 e. The van der Waals surface area contributed by atoms with Crippen LogP contribution in [0.5, 0.6) is 0 Å². The van der Waals surface area contributed by atoms with Crippen molar-refractivity contribution in [2.24, 2.45) is 18.4 Å². The molecule has 0 saturated carbocycles. The lowest BCUT2D eigenvalue weighted by Crippen LogP contribution is -2.36. The minimum Gasteiger partial charge on any atom is -0.481 e. The fourth-order valence-corrected chi connectivity index (χ4v) is 3.94. The lowest BCUT2D eigenvalue weighted by atomic mass is 9.84. The molecule has 0 bridgehead atoms. The van der Waals surface area contributed by atoms with Gasteiger partial charge >= 0.3 is 5.97 Å². The molecule has 0 aliphatic heterocycles. The molecule has 3 atom stereocenters. The van der Waals surface area contributed by atoms with E-state index in [-0.39, 0.29) is 17.2 Å². The largest absolute Gasteiger partial charge is 0.481 e. The van der Waals surface area contributed by atoms with Crippen molar-refractivity contribution in [3.8, 4) is 11.4 Å². The number of hydrogen-bond acceptors (Lipinski definition) is 4. The number of carboxylic acid groups (broad SMARTS) is 1. The third kappa shape index (κ3) is 3.76. The molecule has 170 valence electrons. The zero-order valence-electron chi connectivity index (χ0n) is 18.7. The van der Waals surface area contributed by atoms with E-state index in [1.165, 1.54) is 13.0 Å². The fourth-order valence-electron chi connectivity index (χ4n) is 3.94. The Bertz CT molecular complexity index is 1320. The van der Waals surface area contributed by atoms with E-state index in [2.05, 4.69) is 20.3 Å². The van der Waals surface area contributed by atoms with Gasteiger partial charge in [-0.3, -0.25) is 4.79 Å². The third-order valence-corrected chi connectivity index (χ3v) is 6.06. The molecule has 3 aromatic heterocycles. The molecule has 32 heavy (non-hydrogen) atoms. The normalized spacial score (nSPS) is 19.5. The number of aliphatic carboxylic acids is 1. The predicted octanol–water partition coefficient (Wildman–Crippen LogP) is 3.11. The fraction of sp³-hybridized carbons (Fsp3) is 0.435. The number of halogens is 2. The second-order valence-electron chi connectivity index (χ2n) is 9.46. The molecule has 0 radical (unpaired) electrons. The van der Waals surface area contributed by atoms with Crippen LogP contribution in [0.15, 0.2) is 18.5 Å². The Labute approximate surface area is 183 Å². The monoisotopic (exact) mass is 443 g/mol. The van der Waals surface area contributed by atoms with Crippen LogP contribution in [0.25, 0.3) is 34.3 Å². The van der Waals surface area contributed by atoms with E-state index >= 15 is 0 Å². The molecule has 1 aliphatic rings. The van der Waals surface area contributed by atoms with Crippen LogP contribution in [0.3, 0.4) is 0 Å². The van der Waals surface area contributed by atoms with Crippen molar-refractivity contribution in [3.05, 3.63) is 29.0 Å². The van der Waals surface area contributed by atoms with Crippen LogP contribution >= 0.6 is 0 Å². The first kappa shape index (κ1) is 22.0. The van der Waals surface area contributed by atoms with Gasteiger partial charge in [0.05, 0.1) is 17.2 Å². The Balaban J connectivity index is 1.90. The van der Waals surface area contributed by atoms with E-state index < -0.39 is 29.9 Å². The van der Waals surface area contributed by atoms with E-state index in [0.717, 1.165) is 5.39 Å². The van der Waals surface area contributed by atoms with Gasteiger partial charge in [0.25, 0.3) is 0 Å². The lowest BCUT2D eigenvalue weighted by Gasteiger charge is -2.31. The van der Waals surface area contributed by atoms with Gasteiger partial charge in [0, 0.05) is 42.2 Å². The zero-order chi connectivity index (χ0) is 23.4. The van der Waals surface area contributed by atoms with Gasteiger partial charge in [0.2, 0.25) is 0 Å². The number of carboxylic acids is 1. The first-order chi connectivity index (χ1) is 15.0. The Morgan fingerprint density at radius 3 is 2.75 bits per heavy atom. The zero-order valence-corrected chi connectivity index (χ0v) is 18.7.